The fourth-order valence-corrected chi connectivity index (χ4v) is 2.54. The second-order valence-electron chi connectivity index (χ2n) is 4.86. The van der Waals surface area contributed by atoms with Gasteiger partial charge in [-0.1, -0.05) is 0 Å². The summed E-state index contributed by atoms with van der Waals surface area (Å²) < 4.78 is 2.02. The molecule has 3 heterocycles. The molecule has 2 aromatic heterocycles. The smallest absolute Gasteiger partial charge is 0.137 e. The SMILES string of the molecule is Nc1ccc2nc(CC3CCNCC3)cn2c1. The molecule has 0 saturated carbocycles. The standard InChI is InChI=1S/C13H18N4/c14-11-1-2-13-16-12(9-17(13)8-11)7-10-3-5-15-6-4-10/h1-2,8-10,15H,3-7,14H2. The highest BCUT2D eigenvalue weighted by molar-refractivity contribution is 5.48. The second kappa shape index (κ2) is 4.37. The number of nitrogens with zero attached hydrogens (tertiary/aromatic N) is 2. The largest absolute Gasteiger partial charge is 0.398 e. The van der Waals surface area contributed by atoms with Gasteiger partial charge in [0.25, 0.3) is 0 Å². The average molecular weight is 230 g/mol. The summed E-state index contributed by atoms with van der Waals surface area (Å²) in [6, 6.07) is 3.87. The molecule has 0 aliphatic carbocycles. The summed E-state index contributed by atoms with van der Waals surface area (Å²) in [6.07, 6.45) is 7.64. The Morgan fingerprint density at radius 2 is 2.12 bits per heavy atom. The molecule has 0 radical (unpaired) electrons. The van der Waals surface area contributed by atoms with Crippen LogP contribution in [0.25, 0.3) is 5.65 Å². The molecule has 4 nitrogen and oxygen atoms in total. The van der Waals surface area contributed by atoms with Gasteiger partial charge in [0.2, 0.25) is 0 Å². The van der Waals surface area contributed by atoms with E-state index in [1.807, 2.05) is 22.7 Å². The van der Waals surface area contributed by atoms with Crippen LogP contribution in [0.1, 0.15) is 18.5 Å². The van der Waals surface area contributed by atoms with Crippen LogP contribution in [0.15, 0.2) is 24.5 Å². The number of rotatable bonds is 2. The third kappa shape index (κ3) is 2.26. The maximum Gasteiger partial charge on any atom is 0.137 e. The quantitative estimate of drug-likeness (QED) is 0.821. The van der Waals surface area contributed by atoms with Gasteiger partial charge < -0.3 is 15.5 Å². The van der Waals surface area contributed by atoms with Crippen molar-refractivity contribution in [1.29, 1.82) is 0 Å². The summed E-state index contributed by atoms with van der Waals surface area (Å²) in [5, 5.41) is 3.39. The van der Waals surface area contributed by atoms with Gasteiger partial charge in [-0.05, 0) is 50.4 Å². The molecule has 0 amide bonds. The van der Waals surface area contributed by atoms with Crippen molar-refractivity contribution in [2.75, 3.05) is 18.8 Å². The van der Waals surface area contributed by atoms with Crippen LogP contribution in [-0.2, 0) is 6.42 Å². The van der Waals surface area contributed by atoms with Crippen molar-refractivity contribution in [1.82, 2.24) is 14.7 Å². The molecule has 4 heteroatoms. The highest BCUT2D eigenvalue weighted by Crippen LogP contribution is 2.18. The number of hydrogen-bond donors (Lipinski definition) is 2. The first-order chi connectivity index (χ1) is 8.31. The Morgan fingerprint density at radius 3 is 2.94 bits per heavy atom. The van der Waals surface area contributed by atoms with Crippen LogP contribution in [-0.4, -0.2) is 22.5 Å². The molecule has 3 rings (SSSR count). The zero-order chi connectivity index (χ0) is 11.7. The van der Waals surface area contributed by atoms with Crippen LogP contribution in [0.4, 0.5) is 5.69 Å². The van der Waals surface area contributed by atoms with E-state index in [-0.39, 0.29) is 0 Å². The first-order valence-corrected chi connectivity index (χ1v) is 6.25. The fourth-order valence-electron chi connectivity index (χ4n) is 2.54. The number of nitrogen functional groups attached to an aromatic ring is 1. The third-order valence-electron chi connectivity index (χ3n) is 3.48. The number of piperidine rings is 1. The molecule has 0 spiro atoms. The number of anilines is 1. The van der Waals surface area contributed by atoms with Crippen LogP contribution in [0.5, 0.6) is 0 Å². The normalized spacial score (nSPS) is 17.6. The first-order valence-electron chi connectivity index (χ1n) is 6.25. The molecular formula is C13H18N4. The Morgan fingerprint density at radius 1 is 1.29 bits per heavy atom. The molecule has 17 heavy (non-hydrogen) atoms. The number of aromatic nitrogens is 2. The maximum absolute atomic E-state index is 5.76. The zero-order valence-corrected chi connectivity index (χ0v) is 9.89. The maximum atomic E-state index is 5.76. The van der Waals surface area contributed by atoms with E-state index in [2.05, 4.69) is 16.5 Å². The summed E-state index contributed by atoms with van der Waals surface area (Å²) in [5.74, 6) is 0.776. The molecule has 1 aliphatic heterocycles. The topological polar surface area (TPSA) is 55.3 Å². The Balaban J connectivity index is 1.80. The molecule has 0 bridgehead atoms. The van der Waals surface area contributed by atoms with Gasteiger partial charge in [-0.15, -0.1) is 0 Å². The molecule has 1 saturated heterocycles. The van der Waals surface area contributed by atoms with Gasteiger partial charge in [0.1, 0.15) is 5.65 Å². The number of nitrogens with one attached hydrogen (secondary N) is 1. The van der Waals surface area contributed by atoms with Gasteiger partial charge in [-0.3, -0.25) is 0 Å². The summed E-state index contributed by atoms with van der Waals surface area (Å²) >= 11 is 0. The lowest BCUT2D eigenvalue weighted by molar-refractivity contribution is 0.370. The molecule has 3 N–H and O–H groups in total. The van der Waals surface area contributed by atoms with Crippen molar-refractivity contribution in [2.24, 2.45) is 5.92 Å². The summed E-state index contributed by atoms with van der Waals surface area (Å²) in [7, 11) is 0. The summed E-state index contributed by atoms with van der Waals surface area (Å²) in [5.41, 5.74) is 8.71. The minimum atomic E-state index is 0.776. The van der Waals surface area contributed by atoms with Gasteiger partial charge >= 0.3 is 0 Å². The Hall–Kier alpha value is -1.55. The lowest BCUT2D eigenvalue weighted by atomic mass is 9.93. The molecule has 0 aromatic carbocycles. The molecular weight excluding hydrogens is 212 g/mol. The lowest BCUT2D eigenvalue weighted by Crippen LogP contribution is -2.28. The van der Waals surface area contributed by atoms with Gasteiger partial charge in [0.05, 0.1) is 5.69 Å². The van der Waals surface area contributed by atoms with Gasteiger partial charge in [-0.2, -0.15) is 0 Å². The lowest BCUT2D eigenvalue weighted by Gasteiger charge is -2.21. The van der Waals surface area contributed by atoms with E-state index in [0.717, 1.165) is 36.8 Å². The van der Waals surface area contributed by atoms with Gasteiger partial charge in [0.15, 0.2) is 0 Å². The Bertz CT molecular complexity index is 511. The predicted molar refractivity (Wildman–Crippen MR) is 68.9 cm³/mol. The van der Waals surface area contributed by atoms with Gasteiger partial charge in [0, 0.05) is 18.1 Å². The molecule has 0 unspecified atom stereocenters. The molecule has 1 fully saturated rings. The van der Waals surface area contributed by atoms with E-state index in [9.17, 15) is 0 Å². The van der Waals surface area contributed by atoms with E-state index in [4.69, 9.17) is 5.73 Å². The van der Waals surface area contributed by atoms with Crippen molar-refractivity contribution < 1.29 is 0 Å². The van der Waals surface area contributed by atoms with E-state index < -0.39 is 0 Å². The number of hydrogen-bond acceptors (Lipinski definition) is 3. The minimum absolute atomic E-state index is 0.776. The molecule has 90 valence electrons. The van der Waals surface area contributed by atoms with Crippen LogP contribution >= 0.6 is 0 Å². The van der Waals surface area contributed by atoms with Crippen LogP contribution in [0.2, 0.25) is 0 Å². The van der Waals surface area contributed by atoms with Crippen molar-refractivity contribution in [3.63, 3.8) is 0 Å². The van der Waals surface area contributed by atoms with E-state index >= 15 is 0 Å². The van der Waals surface area contributed by atoms with Crippen molar-refractivity contribution in [3.8, 4) is 0 Å². The first kappa shape index (κ1) is 10.6. The number of nitrogens with two attached hydrogens (primary N) is 1. The number of pyridine rings is 1. The number of imidazole rings is 1. The van der Waals surface area contributed by atoms with Crippen LogP contribution in [0.3, 0.4) is 0 Å². The van der Waals surface area contributed by atoms with Crippen molar-refractivity contribution in [2.45, 2.75) is 19.3 Å². The van der Waals surface area contributed by atoms with Gasteiger partial charge in [-0.25, -0.2) is 4.98 Å². The monoisotopic (exact) mass is 230 g/mol. The zero-order valence-electron chi connectivity index (χ0n) is 9.89. The Labute approximate surface area is 101 Å². The molecule has 0 atom stereocenters. The third-order valence-corrected chi connectivity index (χ3v) is 3.48. The minimum Gasteiger partial charge on any atom is -0.398 e. The van der Waals surface area contributed by atoms with E-state index in [1.54, 1.807) is 0 Å². The summed E-state index contributed by atoms with van der Waals surface area (Å²) in [6.45, 7) is 2.29. The van der Waals surface area contributed by atoms with E-state index in [1.165, 1.54) is 18.5 Å². The number of fused-ring (bicyclic) bond motifs is 1. The highest BCUT2D eigenvalue weighted by atomic mass is 15.0. The highest BCUT2D eigenvalue weighted by Gasteiger charge is 2.15. The second-order valence-corrected chi connectivity index (χ2v) is 4.86. The summed E-state index contributed by atoms with van der Waals surface area (Å²) in [4.78, 5) is 4.63. The fraction of sp³-hybridized carbons (Fsp3) is 0.462. The molecule has 1 aliphatic rings. The van der Waals surface area contributed by atoms with Crippen LogP contribution in [0, 0.1) is 5.92 Å². The Kier molecular flexibility index (Phi) is 2.73. The van der Waals surface area contributed by atoms with Crippen molar-refractivity contribution in [3.05, 3.63) is 30.2 Å². The van der Waals surface area contributed by atoms with E-state index in [0.29, 0.717) is 0 Å². The predicted octanol–water partition coefficient (Wildman–Crippen LogP) is 1.46. The average Bonchev–Trinajstić information content (AvgIpc) is 2.71. The van der Waals surface area contributed by atoms with Crippen molar-refractivity contribution >= 4 is 11.3 Å². The molecule has 2 aromatic rings. The van der Waals surface area contributed by atoms with Crippen LogP contribution < -0.4 is 11.1 Å².